The molecule has 0 saturated heterocycles. The van der Waals surface area contributed by atoms with Gasteiger partial charge in [-0.2, -0.15) is 13.2 Å². The Morgan fingerprint density at radius 1 is 1.27 bits per heavy atom. The van der Waals surface area contributed by atoms with Crippen LogP contribution in [0.2, 0.25) is 0 Å². The third kappa shape index (κ3) is 4.24. The topological polar surface area (TPSA) is 9.23 Å². The Labute approximate surface area is 64.5 Å². The van der Waals surface area contributed by atoms with E-state index < -0.39 is 12.1 Å². The van der Waals surface area contributed by atoms with Crippen molar-refractivity contribution in [2.24, 2.45) is 5.92 Å². The summed E-state index contributed by atoms with van der Waals surface area (Å²) in [6, 6.07) is 0. The van der Waals surface area contributed by atoms with Crippen molar-refractivity contribution in [3.8, 4) is 0 Å². The number of halogens is 3. The average Bonchev–Trinajstić information content (AvgIpc) is 1.87. The number of hydrogen-bond donors (Lipinski definition) is 0. The Bertz CT molecular complexity index is 100. The lowest BCUT2D eigenvalue weighted by molar-refractivity contribution is -0.188. The summed E-state index contributed by atoms with van der Waals surface area (Å²) in [5.74, 6) is -1.30. The Kier molecular flexibility index (Phi) is 4.49. The normalized spacial score (nSPS) is 15.0. The van der Waals surface area contributed by atoms with Crippen LogP contribution in [-0.2, 0) is 4.74 Å². The largest absolute Gasteiger partial charge is 0.394 e. The van der Waals surface area contributed by atoms with Gasteiger partial charge >= 0.3 is 6.18 Å². The van der Waals surface area contributed by atoms with Crippen molar-refractivity contribution in [2.75, 3.05) is 13.2 Å². The Hall–Kier alpha value is -0.250. The van der Waals surface area contributed by atoms with Gasteiger partial charge in [0.25, 0.3) is 0 Å². The van der Waals surface area contributed by atoms with E-state index in [2.05, 4.69) is 0 Å². The molecule has 0 bridgehead atoms. The zero-order valence-electron chi connectivity index (χ0n) is 6.74. The molecule has 0 aliphatic rings. The lowest BCUT2D eigenvalue weighted by Gasteiger charge is -2.17. The molecule has 0 aliphatic carbocycles. The van der Waals surface area contributed by atoms with Gasteiger partial charge in [0, 0.05) is 6.61 Å². The molecule has 0 aromatic carbocycles. The summed E-state index contributed by atoms with van der Waals surface area (Å²) >= 11 is 0. The van der Waals surface area contributed by atoms with Crippen molar-refractivity contribution < 1.29 is 17.9 Å². The zero-order valence-corrected chi connectivity index (χ0v) is 6.74. The van der Waals surface area contributed by atoms with Gasteiger partial charge in [-0.25, -0.2) is 0 Å². The maximum Gasteiger partial charge on any atom is 0.394 e. The van der Waals surface area contributed by atoms with Crippen LogP contribution in [0.1, 0.15) is 20.3 Å². The van der Waals surface area contributed by atoms with Gasteiger partial charge in [0.1, 0.15) is 0 Å². The highest BCUT2D eigenvalue weighted by Crippen LogP contribution is 2.28. The van der Waals surface area contributed by atoms with Crippen molar-refractivity contribution in [2.45, 2.75) is 26.4 Å². The fourth-order valence-corrected chi connectivity index (χ4v) is 0.704. The van der Waals surface area contributed by atoms with Crippen molar-refractivity contribution >= 4 is 0 Å². The molecule has 0 saturated carbocycles. The molecular weight excluding hydrogens is 157 g/mol. The minimum atomic E-state index is -4.11. The molecule has 11 heavy (non-hydrogen) atoms. The molecule has 1 unspecified atom stereocenters. The number of hydrogen-bond acceptors (Lipinski definition) is 1. The van der Waals surface area contributed by atoms with E-state index in [1.54, 1.807) is 6.92 Å². The fraction of sp³-hybridized carbons (Fsp3) is 1.00. The number of ether oxygens (including phenoxy) is 1. The predicted octanol–water partition coefficient (Wildman–Crippen LogP) is 2.61. The first-order valence-electron chi connectivity index (χ1n) is 3.66. The van der Waals surface area contributed by atoms with E-state index >= 15 is 0 Å². The van der Waals surface area contributed by atoms with Crippen molar-refractivity contribution in [3.63, 3.8) is 0 Å². The van der Waals surface area contributed by atoms with Gasteiger partial charge in [0.15, 0.2) is 0 Å². The maximum absolute atomic E-state index is 12.0. The van der Waals surface area contributed by atoms with Crippen LogP contribution in [0.15, 0.2) is 0 Å². The van der Waals surface area contributed by atoms with Gasteiger partial charge in [-0.05, 0) is 13.3 Å². The molecule has 0 aromatic heterocycles. The lowest BCUT2D eigenvalue weighted by Crippen LogP contribution is -2.26. The van der Waals surface area contributed by atoms with Crippen LogP contribution < -0.4 is 0 Å². The molecule has 1 atom stereocenters. The van der Waals surface area contributed by atoms with Gasteiger partial charge in [-0.1, -0.05) is 6.92 Å². The van der Waals surface area contributed by atoms with E-state index in [0.29, 0.717) is 6.61 Å². The van der Waals surface area contributed by atoms with E-state index in [4.69, 9.17) is 4.74 Å². The van der Waals surface area contributed by atoms with E-state index in [9.17, 15) is 13.2 Å². The quantitative estimate of drug-likeness (QED) is 0.630. The second-order valence-electron chi connectivity index (χ2n) is 2.31. The molecule has 0 N–H and O–H groups in total. The summed E-state index contributed by atoms with van der Waals surface area (Å²) in [6.07, 6.45) is -4.02. The van der Waals surface area contributed by atoms with E-state index in [-0.39, 0.29) is 13.0 Å². The van der Waals surface area contributed by atoms with Crippen LogP contribution >= 0.6 is 0 Å². The van der Waals surface area contributed by atoms with E-state index in [1.165, 1.54) is 6.92 Å². The van der Waals surface area contributed by atoms with Crippen molar-refractivity contribution in [3.05, 3.63) is 0 Å². The van der Waals surface area contributed by atoms with Crippen LogP contribution in [-0.4, -0.2) is 19.4 Å². The average molecular weight is 170 g/mol. The van der Waals surface area contributed by atoms with Gasteiger partial charge in [0.05, 0.1) is 12.5 Å². The SMILES string of the molecule is CCOCC(CC)C(F)(F)F. The third-order valence-corrected chi connectivity index (χ3v) is 1.48. The minimum absolute atomic E-state index is 0.0868. The molecular formula is C7H13F3O. The first-order chi connectivity index (χ1) is 5.02. The second kappa shape index (κ2) is 4.59. The molecule has 4 heteroatoms. The van der Waals surface area contributed by atoms with E-state index in [0.717, 1.165) is 0 Å². The van der Waals surface area contributed by atoms with Gasteiger partial charge in [0.2, 0.25) is 0 Å². The predicted molar refractivity (Wildman–Crippen MR) is 36.3 cm³/mol. The zero-order chi connectivity index (χ0) is 8.91. The van der Waals surface area contributed by atoms with Crippen molar-refractivity contribution in [1.82, 2.24) is 0 Å². The first kappa shape index (κ1) is 10.8. The van der Waals surface area contributed by atoms with Crippen LogP contribution in [0.25, 0.3) is 0 Å². The van der Waals surface area contributed by atoms with Gasteiger partial charge in [-0.15, -0.1) is 0 Å². The summed E-state index contributed by atoms with van der Waals surface area (Å²) < 4.78 is 40.6. The summed E-state index contributed by atoms with van der Waals surface area (Å²) in [7, 11) is 0. The summed E-state index contributed by atoms with van der Waals surface area (Å²) in [6.45, 7) is 3.32. The molecule has 0 aromatic rings. The first-order valence-corrected chi connectivity index (χ1v) is 3.66. The maximum atomic E-state index is 12.0. The molecule has 0 spiro atoms. The highest BCUT2D eigenvalue weighted by Gasteiger charge is 2.37. The van der Waals surface area contributed by atoms with Crippen LogP contribution in [0.4, 0.5) is 13.2 Å². The highest BCUT2D eigenvalue weighted by molar-refractivity contribution is 4.64. The lowest BCUT2D eigenvalue weighted by atomic mass is 10.1. The summed E-state index contributed by atoms with van der Waals surface area (Å²) in [5, 5.41) is 0. The van der Waals surface area contributed by atoms with E-state index in [1.807, 2.05) is 0 Å². The van der Waals surface area contributed by atoms with Crippen molar-refractivity contribution in [1.29, 1.82) is 0 Å². The molecule has 0 fully saturated rings. The molecule has 1 nitrogen and oxygen atoms in total. The Morgan fingerprint density at radius 3 is 2.09 bits per heavy atom. The molecule has 0 heterocycles. The highest BCUT2D eigenvalue weighted by atomic mass is 19.4. The monoisotopic (exact) mass is 170 g/mol. The standard InChI is InChI=1S/C7H13F3O/c1-3-6(5-11-4-2)7(8,9)10/h6H,3-5H2,1-2H3. The van der Waals surface area contributed by atoms with Gasteiger partial charge in [-0.3, -0.25) is 0 Å². The van der Waals surface area contributed by atoms with Crippen LogP contribution in [0, 0.1) is 5.92 Å². The molecule has 0 amide bonds. The summed E-state index contributed by atoms with van der Waals surface area (Å²) in [5.41, 5.74) is 0. The molecule has 0 aliphatic heterocycles. The Balaban J connectivity index is 3.76. The molecule has 0 rings (SSSR count). The Morgan fingerprint density at radius 2 is 1.82 bits per heavy atom. The smallest absolute Gasteiger partial charge is 0.381 e. The van der Waals surface area contributed by atoms with Crippen LogP contribution in [0.5, 0.6) is 0 Å². The van der Waals surface area contributed by atoms with Crippen LogP contribution in [0.3, 0.4) is 0 Å². The minimum Gasteiger partial charge on any atom is -0.381 e. The van der Waals surface area contributed by atoms with Gasteiger partial charge < -0.3 is 4.74 Å². The molecule has 68 valence electrons. The number of alkyl halides is 3. The second-order valence-corrected chi connectivity index (χ2v) is 2.31. The third-order valence-electron chi connectivity index (χ3n) is 1.48. The summed E-state index contributed by atoms with van der Waals surface area (Å²) in [4.78, 5) is 0. The molecule has 0 radical (unpaired) electrons. The fourth-order valence-electron chi connectivity index (χ4n) is 0.704. The number of rotatable bonds is 4.